The van der Waals surface area contributed by atoms with Crippen molar-refractivity contribution >= 4 is 0 Å². The van der Waals surface area contributed by atoms with Crippen LogP contribution in [0.1, 0.15) is 41.5 Å². The molecule has 86 valence electrons. The number of hydrogen-bond donors (Lipinski definition) is 0. The average molecular weight is 207 g/mol. The molecule has 0 aromatic rings. The van der Waals surface area contributed by atoms with Gasteiger partial charge in [0.1, 0.15) is 0 Å². The minimum atomic E-state index is 0.0455. The predicted octanol–water partition coefficient (Wildman–Crippen LogP) is 4.35. The lowest BCUT2D eigenvalue weighted by atomic mass is 9.88. The zero-order chi connectivity index (χ0) is 12.3. The van der Waals surface area contributed by atoms with Crippen molar-refractivity contribution < 1.29 is 0 Å². The van der Waals surface area contributed by atoms with Crippen LogP contribution in [0.2, 0.25) is 0 Å². The summed E-state index contributed by atoms with van der Waals surface area (Å²) in [7, 11) is 0. The Bertz CT molecular complexity index is 258. The van der Waals surface area contributed by atoms with E-state index in [1.165, 1.54) is 5.70 Å². The highest BCUT2D eigenvalue weighted by Gasteiger charge is 2.28. The van der Waals surface area contributed by atoms with Crippen LogP contribution in [0.15, 0.2) is 37.2 Å². The fourth-order valence-electron chi connectivity index (χ4n) is 1.54. The lowest BCUT2D eigenvalue weighted by Gasteiger charge is -2.41. The van der Waals surface area contributed by atoms with E-state index in [0.717, 1.165) is 0 Å². The van der Waals surface area contributed by atoms with Crippen LogP contribution in [0.25, 0.3) is 0 Å². The van der Waals surface area contributed by atoms with E-state index < -0.39 is 0 Å². The highest BCUT2D eigenvalue weighted by Crippen LogP contribution is 2.33. The van der Waals surface area contributed by atoms with Gasteiger partial charge in [-0.1, -0.05) is 40.0 Å². The average Bonchev–Trinajstić information content (AvgIpc) is 2.00. The summed E-state index contributed by atoms with van der Waals surface area (Å²) in [5.41, 5.74) is 1.37. The van der Waals surface area contributed by atoms with Crippen molar-refractivity contribution in [3.05, 3.63) is 37.2 Å². The molecule has 0 aliphatic carbocycles. The first-order valence-electron chi connectivity index (χ1n) is 5.39. The van der Waals surface area contributed by atoms with Crippen LogP contribution in [-0.2, 0) is 0 Å². The molecule has 1 nitrogen and oxygen atoms in total. The van der Waals surface area contributed by atoms with Crippen LogP contribution in [0.5, 0.6) is 0 Å². The second-order valence-corrected chi connectivity index (χ2v) is 5.76. The molecular weight excluding hydrogens is 182 g/mol. The number of hydrogen-bond acceptors (Lipinski definition) is 1. The Morgan fingerprint density at radius 1 is 1.00 bits per heavy atom. The number of allylic oxidation sites excluding steroid dienone is 3. The van der Waals surface area contributed by atoms with Gasteiger partial charge in [0.25, 0.3) is 0 Å². The fraction of sp³-hybridized carbons (Fsp3) is 0.571. The van der Waals surface area contributed by atoms with E-state index in [2.05, 4.69) is 65.7 Å². The maximum atomic E-state index is 3.89. The molecule has 0 aliphatic heterocycles. The normalized spacial score (nSPS) is 13.6. The van der Waals surface area contributed by atoms with Crippen LogP contribution in [-0.4, -0.2) is 10.4 Å². The second kappa shape index (κ2) is 4.69. The molecule has 15 heavy (non-hydrogen) atoms. The van der Waals surface area contributed by atoms with Gasteiger partial charge in [0, 0.05) is 16.7 Å². The Labute approximate surface area is 95.2 Å². The van der Waals surface area contributed by atoms with E-state index in [0.29, 0.717) is 0 Å². The molecule has 0 heterocycles. The van der Waals surface area contributed by atoms with Crippen LogP contribution in [0.4, 0.5) is 0 Å². The molecule has 0 radical (unpaired) electrons. The van der Waals surface area contributed by atoms with Gasteiger partial charge in [-0.05, 0) is 33.0 Å². The van der Waals surface area contributed by atoms with Gasteiger partial charge >= 0.3 is 0 Å². The summed E-state index contributed by atoms with van der Waals surface area (Å²) in [5.74, 6) is 0. The fourth-order valence-corrected chi connectivity index (χ4v) is 1.54. The van der Waals surface area contributed by atoms with E-state index in [4.69, 9.17) is 0 Å². The summed E-state index contributed by atoms with van der Waals surface area (Å²) in [6.45, 7) is 20.8. The van der Waals surface area contributed by atoms with E-state index >= 15 is 0 Å². The molecule has 0 amide bonds. The quantitative estimate of drug-likeness (QED) is 0.622. The molecular formula is C14H25N. The van der Waals surface area contributed by atoms with Crippen molar-refractivity contribution in [2.45, 2.75) is 47.1 Å². The molecule has 0 N–H and O–H groups in total. The third-order valence-electron chi connectivity index (χ3n) is 2.21. The predicted molar refractivity (Wildman–Crippen MR) is 69.5 cm³/mol. The van der Waals surface area contributed by atoms with Crippen molar-refractivity contribution in [1.29, 1.82) is 0 Å². The highest BCUT2D eigenvalue weighted by molar-refractivity contribution is 5.19. The van der Waals surface area contributed by atoms with E-state index in [-0.39, 0.29) is 11.0 Å². The molecule has 1 heteroatoms. The summed E-state index contributed by atoms with van der Waals surface area (Å²) < 4.78 is 0. The molecule has 0 spiro atoms. The highest BCUT2D eigenvalue weighted by atomic mass is 15.2. The van der Waals surface area contributed by atoms with E-state index in [1.807, 2.05) is 12.3 Å². The first kappa shape index (κ1) is 14.0. The summed E-state index contributed by atoms with van der Waals surface area (Å²) >= 11 is 0. The third-order valence-corrected chi connectivity index (χ3v) is 2.21. The third kappa shape index (κ3) is 3.94. The first-order valence-corrected chi connectivity index (χ1v) is 5.39. The maximum absolute atomic E-state index is 3.89. The zero-order valence-corrected chi connectivity index (χ0v) is 11.1. The monoisotopic (exact) mass is 207 g/mol. The van der Waals surface area contributed by atoms with Crippen LogP contribution in [0.3, 0.4) is 0 Å². The SMILES string of the molecule is C=C/C=C(\N(C=C)C(C)(C)C)C(C)(C)C. The molecule has 0 saturated carbocycles. The Kier molecular flexibility index (Phi) is 4.39. The van der Waals surface area contributed by atoms with Crippen molar-refractivity contribution in [3.8, 4) is 0 Å². The Balaban J connectivity index is 5.34. The van der Waals surface area contributed by atoms with E-state index in [9.17, 15) is 0 Å². The van der Waals surface area contributed by atoms with Crippen LogP contribution in [0, 0.1) is 5.41 Å². The summed E-state index contributed by atoms with van der Waals surface area (Å²) in [6, 6.07) is 0. The van der Waals surface area contributed by atoms with Crippen molar-refractivity contribution in [2.75, 3.05) is 0 Å². The summed E-state index contributed by atoms with van der Waals surface area (Å²) in [6.07, 6.45) is 5.79. The van der Waals surface area contributed by atoms with Gasteiger partial charge in [-0.2, -0.15) is 0 Å². The largest absolute Gasteiger partial charge is 0.346 e. The topological polar surface area (TPSA) is 3.24 Å². The molecule has 0 aromatic carbocycles. The van der Waals surface area contributed by atoms with E-state index in [1.54, 1.807) is 0 Å². The van der Waals surface area contributed by atoms with Crippen molar-refractivity contribution in [3.63, 3.8) is 0 Å². The smallest absolute Gasteiger partial charge is 0.0358 e. The Morgan fingerprint density at radius 3 is 1.67 bits per heavy atom. The van der Waals surface area contributed by atoms with Gasteiger partial charge in [-0.3, -0.25) is 0 Å². The minimum Gasteiger partial charge on any atom is -0.346 e. The summed E-state index contributed by atoms with van der Waals surface area (Å²) in [4.78, 5) is 2.20. The van der Waals surface area contributed by atoms with Gasteiger partial charge in [0.05, 0.1) is 0 Å². The molecule has 0 rings (SSSR count). The molecule has 0 atom stereocenters. The van der Waals surface area contributed by atoms with Crippen LogP contribution >= 0.6 is 0 Å². The van der Waals surface area contributed by atoms with Gasteiger partial charge in [-0.15, -0.1) is 0 Å². The van der Waals surface area contributed by atoms with Crippen LogP contribution < -0.4 is 0 Å². The molecule has 0 unspecified atom stereocenters. The molecule has 0 saturated heterocycles. The lowest BCUT2D eigenvalue weighted by Crippen LogP contribution is -2.40. The van der Waals surface area contributed by atoms with Gasteiger partial charge < -0.3 is 4.90 Å². The molecule has 0 aliphatic rings. The minimum absolute atomic E-state index is 0.0455. The summed E-state index contributed by atoms with van der Waals surface area (Å²) in [5, 5.41) is 0. The molecule has 0 bridgehead atoms. The molecule has 0 aromatic heterocycles. The van der Waals surface area contributed by atoms with Gasteiger partial charge in [-0.25, -0.2) is 0 Å². The lowest BCUT2D eigenvalue weighted by molar-refractivity contribution is 0.210. The molecule has 0 fully saturated rings. The van der Waals surface area contributed by atoms with Crippen molar-refractivity contribution in [2.24, 2.45) is 5.41 Å². The first-order chi connectivity index (χ1) is 6.64. The number of nitrogens with zero attached hydrogens (tertiary/aromatic N) is 1. The Morgan fingerprint density at radius 2 is 1.47 bits per heavy atom. The number of rotatable bonds is 3. The zero-order valence-electron chi connectivity index (χ0n) is 11.1. The van der Waals surface area contributed by atoms with Crippen molar-refractivity contribution in [1.82, 2.24) is 4.90 Å². The standard InChI is InChI=1S/C14H25N/c1-9-11-12(13(3,4)5)15(10-2)14(6,7)8/h9-11H,1-2H2,3-8H3/b12-11-. The Hall–Kier alpha value is -0.980. The maximum Gasteiger partial charge on any atom is 0.0358 e. The second-order valence-electron chi connectivity index (χ2n) is 5.76. The van der Waals surface area contributed by atoms with Gasteiger partial charge in [0.2, 0.25) is 0 Å². The van der Waals surface area contributed by atoms with Gasteiger partial charge in [0.15, 0.2) is 0 Å².